The van der Waals surface area contributed by atoms with Gasteiger partial charge < -0.3 is 4.52 Å². The molecule has 0 aromatic heterocycles. The highest BCUT2D eigenvalue weighted by Crippen LogP contribution is 2.05. The fourth-order valence-electron chi connectivity index (χ4n) is 2.44. The topological polar surface area (TPSA) is 9.23 Å². The summed E-state index contributed by atoms with van der Waals surface area (Å²) in [5.41, 5.74) is 0. The summed E-state index contributed by atoms with van der Waals surface area (Å²) in [5.74, 6) is 0. The molecule has 0 amide bonds. The Morgan fingerprint density at radius 1 is 0.519 bits per heavy atom. The van der Waals surface area contributed by atoms with Crippen molar-refractivity contribution in [2.75, 3.05) is 6.61 Å². The van der Waals surface area contributed by atoms with E-state index in [1.807, 2.05) is 0 Å². The van der Waals surface area contributed by atoms with Crippen molar-refractivity contribution in [1.82, 2.24) is 0 Å². The largest absolute Gasteiger partial charge is 0.366 e. The molecule has 0 saturated heterocycles. The molecular weight excluding hydrogens is 347 g/mol. The van der Waals surface area contributed by atoms with E-state index >= 15 is 0 Å². The van der Waals surface area contributed by atoms with Crippen molar-refractivity contribution < 1.29 is 4.52 Å². The van der Waals surface area contributed by atoms with Gasteiger partial charge in [-0.15, -0.1) is 0 Å². The van der Waals surface area contributed by atoms with Crippen LogP contribution in [-0.4, -0.2) is 6.61 Å². The Balaban J connectivity index is 3.43. The standard InChI is InChI=1S/C25H41OP/c1-2-3-4-5-6-7-8-9-10-11-12-13-14-15-16-17-18-19-20-21-22-23-24-25-26-27/h3-4,6-7,9-10,12-13,15-16,18-19H,2,5,8,11,14,17,20-25,27H2,1H3/b4-3-,7-6-,10-9-,13-12-,16-15-,19-18-. The average Bonchev–Trinajstić information content (AvgIpc) is 2.68. The van der Waals surface area contributed by atoms with Gasteiger partial charge in [-0.25, -0.2) is 0 Å². The highest BCUT2D eigenvalue weighted by molar-refractivity contribution is 7.09. The van der Waals surface area contributed by atoms with Crippen LogP contribution in [0.25, 0.3) is 0 Å². The minimum atomic E-state index is 0.866. The van der Waals surface area contributed by atoms with Crippen LogP contribution >= 0.6 is 9.47 Å². The molecule has 0 heterocycles. The molecule has 27 heavy (non-hydrogen) atoms. The van der Waals surface area contributed by atoms with E-state index in [1.165, 1.54) is 32.1 Å². The molecule has 1 unspecified atom stereocenters. The van der Waals surface area contributed by atoms with E-state index in [0.717, 1.165) is 45.1 Å². The molecule has 0 rings (SSSR count). The van der Waals surface area contributed by atoms with Crippen molar-refractivity contribution in [3.63, 3.8) is 0 Å². The fraction of sp³-hybridized carbons (Fsp3) is 0.520. The number of allylic oxidation sites excluding steroid dienone is 12. The number of hydrogen-bond acceptors (Lipinski definition) is 1. The van der Waals surface area contributed by atoms with Crippen LogP contribution in [0.1, 0.15) is 77.6 Å². The van der Waals surface area contributed by atoms with Gasteiger partial charge in [-0.05, 0) is 57.8 Å². The van der Waals surface area contributed by atoms with E-state index < -0.39 is 0 Å². The Kier molecular flexibility index (Phi) is 23.8. The van der Waals surface area contributed by atoms with E-state index in [1.54, 1.807) is 0 Å². The summed E-state index contributed by atoms with van der Waals surface area (Å²) in [6.07, 6.45) is 39.5. The molecule has 0 aliphatic carbocycles. The smallest absolute Gasteiger partial charge is 0.0501 e. The Morgan fingerprint density at radius 2 is 0.926 bits per heavy atom. The lowest BCUT2D eigenvalue weighted by atomic mass is 10.1. The SMILES string of the molecule is CC/C=C\C/C=C\C/C=C\C/C=C\C/C=C\C/C=C\CCCCCCOP. The summed E-state index contributed by atoms with van der Waals surface area (Å²) in [4.78, 5) is 0. The second kappa shape index (κ2) is 24.8. The predicted octanol–water partition coefficient (Wildman–Crippen LogP) is 8.44. The lowest BCUT2D eigenvalue weighted by molar-refractivity contribution is 0.353. The molecule has 0 spiro atoms. The first kappa shape index (κ1) is 25.8. The summed E-state index contributed by atoms with van der Waals surface area (Å²) >= 11 is 0. The lowest BCUT2D eigenvalue weighted by Crippen LogP contribution is -1.83. The molecule has 0 aromatic carbocycles. The van der Waals surface area contributed by atoms with Crippen molar-refractivity contribution in [2.24, 2.45) is 0 Å². The van der Waals surface area contributed by atoms with Crippen LogP contribution < -0.4 is 0 Å². The lowest BCUT2D eigenvalue weighted by Gasteiger charge is -1.97. The molecule has 152 valence electrons. The zero-order chi connectivity index (χ0) is 19.7. The molecule has 1 nitrogen and oxygen atoms in total. The highest BCUT2D eigenvalue weighted by atomic mass is 31.0. The molecule has 0 fully saturated rings. The first-order valence-corrected chi connectivity index (χ1v) is 11.1. The van der Waals surface area contributed by atoms with Crippen molar-refractivity contribution in [2.45, 2.75) is 77.6 Å². The zero-order valence-corrected chi connectivity index (χ0v) is 18.6. The number of unbranched alkanes of at least 4 members (excludes halogenated alkanes) is 4. The molecule has 0 bridgehead atoms. The predicted molar refractivity (Wildman–Crippen MR) is 127 cm³/mol. The van der Waals surface area contributed by atoms with Gasteiger partial charge in [0.2, 0.25) is 0 Å². The maximum Gasteiger partial charge on any atom is 0.0501 e. The molecule has 1 atom stereocenters. The van der Waals surface area contributed by atoms with Gasteiger partial charge in [-0.3, -0.25) is 0 Å². The van der Waals surface area contributed by atoms with Gasteiger partial charge in [-0.1, -0.05) is 92.7 Å². The minimum Gasteiger partial charge on any atom is -0.366 e. The summed E-state index contributed by atoms with van der Waals surface area (Å²) in [7, 11) is 2.31. The van der Waals surface area contributed by atoms with Crippen LogP contribution in [0.15, 0.2) is 72.9 Å². The minimum absolute atomic E-state index is 0.866. The summed E-state index contributed by atoms with van der Waals surface area (Å²) in [5, 5.41) is 0. The fourth-order valence-corrected chi connectivity index (χ4v) is 2.61. The van der Waals surface area contributed by atoms with Crippen LogP contribution in [0.4, 0.5) is 0 Å². The Hall–Kier alpha value is -1.17. The van der Waals surface area contributed by atoms with Crippen molar-refractivity contribution in [1.29, 1.82) is 0 Å². The van der Waals surface area contributed by atoms with Crippen LogP contribution in [0, 0.1) is 0 Å². The van der Waals surface area contributed by atoms with Gasteiger partial charge in [-0.2, -0.15) is 0 Å². The molecule has 0 N–H and O–H groups in total. The maximum atomic E-state index is 4.97. The Bertz CT molecular complexity index is 455. The highest BCUT2D eigenvalue weighted by Gasteiger charge is 1.87. The van der Waals surface area contributed by atoms with Gasteiger partial charge in [0.1, 0.15) is 0 Å². The zero-order valence-electron chi connectivity index (χ0n) is 17.4. The van der Waals surface area contributed by atoms with Gasteiger partial charge in [0.25, 0.3) is 0 Å². The third-order valence-electron chi connectivity index (χ3n) is 3.98. The summed E-state index contributed by atoms with van der Waals surface area (Å²) in [6, 6.07) is 0. The van der Waals surface area contributed by atoms with Gasteiger partial charge in [0.15, 0.2) is 0 Å². The molecule has 0 aliphatic rings. The van der Waals surface area contributed by atoms with Crippen molar-refractivity contribution >= 4 is 9.47 Å². The van der Waals surface area contributed by atoms with Crippen LogP contribution in [-0.2, 0) is 4.52 Å². The Labute approximate surface area is 171 Å². The Morgan fingerprint density at radius 3 is 1.37 bits per heavy atom. The summed E-state index contributed by atoms with van der Waals surface area (Å²) in [6.45, 7) is 3.03. The quantitative estimate of drug-likeness (QED) is 0.130. The van der Waals surface area contributed by atoms with Crippen LogP contribution in [0.5, 0.6) is 0 Å². The van der Waals surface area contributed by atoms with Crippen molar-refractivity contribution in [3.8, 4) is 0 Å². The molecule has 0 aliphatic heterocycles. The van der Waals surface area contributed by atoms with Crippen LogP contribution in [0.3, 0.4) is 0 Å². The monoisotopic (exact) mass is 388 g/mol. The molecule has 0 radical (unpaired) electrons. The van der Waals surface area contributed by atoms with E-state index in [-0.39, 0.29) is 0 Å². The van der Waals surface area contributed by atoms with Crippen LogP contribution in [0.2, 0.25) is 0 Å². The number of rotatable bonds is 18. The third-order valence-corrected chi connectivity index (χ3v) is 4.22. The molecular formula is C25H41OP. The van der Waals surface area contributed by atoms with Gasteiger partial charge in [0.05, 0.1) is 6.61 Å². The molecule has 2 heteroatoms. The first-order chi connectivity index (χ1) is 13.4. The second-order valence-corrected chi connectivity index (χ2v) is 6.82. The van der Waals surface area contributed by atoms with E-state index in [2.05, 4.69) is 89.3 Å². The van der Waals surface area contributed by atoms with E-state index in [0.29, 0.717) is 0 Å². The maximum absolute atomic E-state index is 4.97. The number of hydrogen-bond donors (Lipinski definition) is 0. The summed E-state index contributed by atoms with van der Waals surface area (Å²) < 4.78 is 4.97. The van der Waals surface area contributed by atoms with Gasteiger partial charge >= 0.3 is 0 Å². The van der Waals surface area contributed by atoms with E-state index in [4.69, 9.17) is 4.52 Å². The average molecular weight is 389 g/mol. The van der Waals surface area contributed by atoms with Crippen molar-refractivity contribution in [3.05, 3.63) is 72.9 Å². The van der Waals surface area contributed by atoms with Gasteiger partial charge in [0, 0.05) is 9.47 Å². The normalized spacial score (nSPS) is 13.1. The van der Waals surface area contributed by atoms with E-state index in [9.17, 15) is 0 Å². The molecule has 0 aromatic rings. The second-order valence-electron chi connectivity index (χ2n) is 6.49. The molecule has 0 saturated carbocycles. The third kappa shape index (κ3) is 24.8. The first-order valence-electron chi connectivity index (χ1n) is 10.6.